The monoisotopic (exact) mass is 438 g/mol. The molecule has 2 aromatic carbocycles. The predicted molar refractivity (Wildman–Crippen MR) is 119 cm³/mol. The van der Waals surface area contributed by atoms with E-state index < -0.39 is 16.8 Å². The maximum absolute atomic E-state index is 13.4. The van der Waals surface area contributed by atoms with E-state index in [9.17, 15) is 14.0 Å². The number of anilines is 1. The molecule has 2 aliphatic rings. The molecule has 0 saturated heterocycles. The Morgan fingerprint density at radius 2 is 1.66 bits per heavy atom. The molecule has 2 aliphatic carbocycles. The number of hydrogen-bond acceptors (Lipinski definition) is 5. The van der Waals surface area contributed by atoms with E-state index in [2.05, 4.69) is 31.2 Å². The minimum absolute atomic E-state index is 0.121. The lowest BCUT2D eigenvalue weighted by molar-refractivity contribution is -0.130. The molecule has 1 amide bonds. The van der Waals surface area contributed by atoms with Gasteiger partial charge in [0.1, 0.15) is 11.6 Å². The number of benzene rings is 2. The number of carbonyl (C=O) groups is 2. The largest absolute Gasteiger partial charge is 0.497 e. The van der Waals surface area contributed by atoms with Crippen LogP contribution in [0.5, 0.6) is 5.75 Å². The zero-order chi connectivity index (χ0) is 23.1. The molecule has 2 aromatic rings. The predicted octanol–water partition coefficient (Wildman–Crippen LogP) is 5.20. The summed E-state index contributed by atoms with van der Waals surface area (Å²) in [4.78, 5) is 31.2. The minimum atomic E-state index is -0.693. The Balaban J connectivity index is 1.55. The fourth-order valence-corrected chi connectivity index (χ4v) is 5.18. The summed E-state index contributed by atoms with van der Waals surface area (Å²) in [6.07, 6.45) is 1.87. The van der Waals surface area contributed by atoms with Crippen molar-refractivity contribution in [1.82, 2.24) is 0 Å². The highest BCUT2D eigenvalue weighted by Crippen LogP contribution is 2.71. The van der Waals surface area contributed by atoms with Crippen LogP contribution in [0.4, 0.5) is 10.1 Å². The van der Waals surface area contributed by atoms with Crippen LogP contribution < -0.4 is 10.1 Å². The molecular weight excluding hydrogens is 411 g/mol. The van der Waals surface area contributed by atoms with Crippen molar-refractivity contribution < 1.29 is 23.6 Å². The van der Waals surface area contributed by atoms with Crippen molar-refractivity contribution in [3.05, 3.63) is 59.9 Å². The third-order valence-corrected chi connectivity index (χ3v) is 7.83. The lowest BCUT2D eigenvalue weighted by atomic mass is 9.64. The highest BCUT2D eigenvalue weighted by molar-refractivity contribution is 6.06. The van der Waals surface area contributed by atoms with E-state index in [1.54, 1.807) is 43.5 Å². The van der Waals surface area contributed by atoms with Gasteiger partial charge >= 0.3 is 5.97 Å². The van der Waals surface area contributed by atoms with Crippen LogP contribution in [0.25, 0.3) is 0 Å². The number of rotatable bonds is 5. The second-order valence-electron chi connectivity index (χ2n) is 9.32. The average molecular weight is 438 g/mol. The van der Waals surface area contributed by atoms with Gasteiger partial charge in [0, 0.05) is 17.5 Å². The summed E-state index contributed by atoms with van der Waals surface area (Å²) in [6, 6.07) is 12.3. The van der Waals surface area contributed by atoms with Crippen LogP contribution in [0.3, 0.4) is 0 Å². The molecular formula is C25H27FN2O4. The standard InChI is InChI=1S/C25H27FN2O4/c1-23(2)24(3)13-14-25(23,22(30)27-18-9-7-17(26)8-10-18)15-20(24)28-32-21(29)16-5-11-19(31-4)12-6-16/h5-12H,13-15H2,1-4H3,(H,27,30)/b28-20+. The summed E-state index contributed by atoms with van der Waals surface area (Å²) in [5, 5.41) is 7.19. The molecule has 2 bridgehead atoms. The Labute approximate surface area is 186 Å². The number of oxime groups is 1. The number of nitrogens with zero attached hydrogens (tertiary/aromatic N) is 1. The van der Waals surface area contributed by atoms with Gasteiger partial charge in [-0.3, -0.25) is 4.79 Å². The maximum atomic E-state index is 13.4. The third-order valence-electron chi connectivity index (χ3n) is 7.83. The normalized spacial score (nSPS) is 26.7. The summed E-state index contributed by atoms with van der Waals surface area (Å²) in [6.45, 7) is 6.21. The van der Waals surface area contributed by atoms with Crippen molar-refractivity contribution >= 4 is 23.3 Å². The SMILES string of the molecule is COc1ccc(C(=O)O/N=C2\CC3(C(=O)Nc4ccc(F)cc4)CCC2(C)C3(C)C)cc1. The highest BCUT2D eigenvalue weighted by Gasteiger charge is 2.71. The lowest BCUT2D eigenvalue weighted by Gasteiger charge is -2.39. The molecule has 6 nitrogen and oxygen atoms in total. The summed E-state index contributed by atoms with van der Waals surface area (Å²) in [7, 11) is 1.55. The Kier molecular flexibility index (Phi) is 5.31. The fraction of sp³-hybridized carbons (Fsp3) is 0.400. The molecule has 0 radical (unpaired) electrons. The molecule has 168 valence electrons. The van der Waals surface area contributed by atoms with Crippen molar-refractivity contribution in [3.8, 4) is 5.75 Å². The van der Waals surface area contributed by atoms with Gasteiger partial charge in [-0.05, 0) is 66.8 Å². The highest BCUT2D eigenvalue weighted by atomic mass is 19.1. The van der Waals surface area contributed by atoms with E-state index in [1.165, 1.54) is 12.1 Å². The number of methoxy groups -OCH3 is 1. The average Bonchev–Trinajstić information content (AvgIpc) is 3.09. The molecule has 0 heterocycles. The first-order chi connectivity index (χ1) is 15.1. The third kappa shape index (κ3) is 3.27. The molecule has 2 atom stereocenters. The zero-order valence-corrected chi connectivity index (χ0v) is 18.7. The van der Waals surface area contributed by atoms with Crippen molar-refractivity contribution in [2.75, 3.05) is 12.4 Å². The molecule has 2 saturated carbocycles. The quantitative estimate of drug-likeness (QED) is 0.514. The Morgan fingerprint density at radius 3 is 2.28 bits per heavy atom. The van der Waals surface area contributed by atoms with Gasteiger partial charge in [0.25, 0.3) is 0 Å². The van der Waals surface area contributed by atoms with E-state index in [4.69, 9.17) is 9.57 Å². The zero-order valence-electron chi connectivity index (χ0n) is 18.7. The first kappa shape index (κ1) is 22.0. The maximum Gasteiger partial charge on any atom is 0.365 e. The van der Waals surface area contributed by atoms with Gasteiger partial charge in [-0.1, -0.05) is 25.9 Å². The van der Waals surface area contributed by atoms with Gasteiger partial charge in [-0.25, -0.2) is 9.18 Å². The number of ether oxygens (including phenoxy) is 1. The molecule has 0 spiro atoms. The number of fused-ring (bicyclic) bond motifs is 2. The summed E-state index contributed by atoms with van der Waals surface area (Å²) >= 11 is 0. The number of halogens is 1. The van der Waals surface area contributed by atoms with Gasteiger partial charge < -0.3 is 14.9 Å². The summed E-state index contributed by atoms with van der Waals surface area (Å²) < 4.78 is 18.3. The molecule has 0 aliphatic heterocycles. The Bertz CT molecular complexity index is 1080. The molecule has 1 N–H and O–H groups in total. The Morgan fingerprint density at radius 1 is 1.00 bits per heavy atom. The van der Waals surface area contributed by atoms with Crippen LogP contribution in [0.15, 0.2) is 53.7 Å². The van der Waals surface area contributed by atoms with Gasteiger partial charge in [-0.2, -0.15) is 0 Å². The van der Waals surface area contributed by atoms with Crippen LogP contribution in [0.1, 0.15) is 50.4 Å². The molecule has 4 rings (SSSR count). The van der Waals surface area contributed by atoms with Crippen molar-refractivity contribution in [1.29, 1.82) is 0 Å². The van der Waals surface area contributed by atoms with Crippen LogP contribution >= 0.6 is 0 Å². The van der Waals surface area contributed by atoms with Gasteiger partial charge in [0.05, 0.1) is 23.8 Å². The molecule has 2 fully saturated rings. The molecule has 7 heteroatoms. The number of amides is 1. The number of hydrogen-bond donors (Lipinski definition) is 1. The van der Waals surface area contributed by atoms with Crippen LogP contribution in [-0.4, -0.2) is 24.7 Å². The van der Waals surface area contributed by atoms with Gasteiger partial charge in [-0.15, -0.1) is 0 Å². The van der Waals surface area contributed by atoms with E-state index in [0.29, 0.717) is 35.6 Å². The smallest absolute Gasteiger partial charge is 0.365 e. The minimum Gasteiger partial charge on any atom is -0.497 e. The van der Waals surface area contributed by atoms with Crippen molar-refractivity contribution in [2.24, 2.45) is 21.4 Å². The van der Waals surface area contributed by atoms with E-state index in [-0.39, 0.29) is 17.1 Å². The molecule has 0 aromatic heterocycles. The van der Waals surface area contributed by atoms with E-state index in [1.807, 2.05) is 0 Å². The topological polar surface area (TPSA) is 77.0 Å². The first-order valence-corrected chi connectivity index (χ1v) is 10.6. The van der Waals surface area contributed by atoms with E-state index in [0.717, 1.165) is 6.42 Å². The fourth-order valence-electron chi connectivity index (χ4n) is 5.18. The molecule has 2 unspecified atom stereocenters. The second-order valence-corrected chi connectivity index (χ2v) is 9.32. The van der Waals surface area contributed by atoms with Crippen molar-refractivity contribution in [3.63, 3.8) is 0 Å². The lowest BCUT2D eigenvalue weighted by Crippen LogP contribution is -2.43. The number of carbonyl (C=O) groups excluding carboxylic acids is 2. The first-order valence-electron chi connectivity index (χ1n) is 10.6. The summed E-state index contributed by atoms with van der Waals surface area (Å²) in [5.41, 5.74) is 0.146. The van der Waals surface area contributed by atoms with Crippen LogP contribution in [-0.2, 0) is 9.63 Å². The van der Waals surface area contributed by atoms with Gasteiger partial charge in [0.2, 0.25) is 5.91 Å². The second kappa shape index (κ2) is 7.73. The summed E-state index contributed by atoms with van der Waals surface area (Å²) in [5.74, 6) is -0.396. The Hall–Kier alpha value is -3.22. The van der Waals surface area contributed by atoms with Crippen LogP contribution in [0.2, 0.25) is 0 Å². The van der Waals surface area contributed by atoms with Crippen LogP contribution in [0, 0.1) is 22.1 Å². The number of nitrogens with one attached hydrogen (secondary N) is 1. The van der Waals surface area contributed by atoms with Gasteiger partial charge in [0.15, 0.2) is 0 Å². The van der Waals surface area contributed by atoms with E-state index >= 15 is 0 Å². The van der Waals surface area contributed by atoms with Crippen molar-refractivity contribution in [2.45, 2.75) is 40.0 Å². The molecule has 32 heavy (non-hydrogen) atoms.